The van der Waals surface area contributed by atoms with E-state index < -0.39 is 10.0 Å². The molecule has 1 aliphatic rings. The van der Waals surface area contributed by atoms with Gasteiger partial charge in [-0.3, -0.25) is 0 Å². The Morgan fingerprint density at radius 1 is 1.36 bits per heavy atom. The van der Waals surface area contributed by atoms with Crippen molar-refractivity contribution in [1.82, 2.24) is 19.5 Å². The molecule has 0 bridgehead atoms. The molecule has 0 aliphatic carbocycles. The molecule has 1 atom stereocenters. The molecule has 6 nitrogen and oxygen atoms in total. The van der Waals surface area contributed by atoms with Gasteiger partial charge in [-0.25, -0.2) is 22.8 Å². The van der Waals surface area contributed by atoms with Gasteiger partial charge in [-0.05, 0) is 30.7 Å². The number of hydrogen-bond donors (Lipinski definition) is 1. The van der Waals surface area contributed by atoms with Crippen LogP contribution in [0, 0.1) is 0 Å². The first-order chi connectivity index (χ1) is 10.5. The van der Waals surface area contributed by atoms with E-state index >= 15 is 0 Å². The number of sulfonamides is 1. The summed E-state index contributed by atoms with van der Waals surface area (Å²) in [5.41, 5.74) is 0. The van der Waals surface area contributed by atoms with Gasteiger partial charge in [-0.2, -0.15) is 5.10 Å². The van der Waals surface area contributed by atoms with Crippen LogP contribution >= 0.6 is 11.6 Å². The molecule has 8 heteroatoms. The van der Waals surface area contributed by atoms with Crippen molar-refractivity contribution in [1.29, 1.82) is 0 Å². The van der Waals surface area contributed by atoms with Crippen LogP contribution in [0.1, 0.15) is 25.0 Å². The van der Waals surface area contributed by atoms with E-state index in [0.29, 0.717) is 18.0 Å². The van der Waals surface area contributed by atoms with Gasteiger partial charge in [0.05, 0.1) is 11.4 Å². The quantitative estimate of drug-likeness (QED) is 0.920. The molecule has 1 aliphatic heterocycles. The number of rotatable bonds is 4. The zero-order valence-electron chi connectivity index (χ0n) is 12.2. The molecule has 1 aromatic heterocycles. The number of benzene rings is 1. The lowest BCUT2D eigenvalue weighted by Gasteiger charge is -2.23. The SMILES string of the molecule is CCc1nc2n(n1)CC(NS(=O)(=O)c1ccc(Cl)cc1)CC2. The Labute approximate surface area is 134 Å². The van der Waals surface area contributed by atoms with Crippen LogP contribution in [0.15, 0.2) is 29.2 Å². The molecule has 0 radical (unpaired) electrons. The normalized spacial score (nSPS) is 18.2. The summed E-state index contributed by atoms with van der Waals surface area (Å²) in [5, 5.41) is 4.90. The molecule has 0 spiro atoms. The van der Waals surface area contributed by atoms with Crippen molar-refractivity contribution in [3.8, 4) is 0 Å². The van der Waals surface area contributed by atoms with Crippen molar-refractivity contribution in [2.24, 2.45) is 0 Å². The van der Waals surface area contributed by atoms with Crippen LogP contribution in [0.25, 0.3) is 0 Å². The lowest BCUT2D eigenvalue weighted by Crippen LogP contribution is -2.41. The third kappa shape index (κ3) is 3.16. The van der Waals surface area contributed by atoms with Crippen molar-refractivity contribution >= 4 is 21.6 Å². The zero-order chi connectivity index (χ0) is 15.7. The van der Waals surface area contributed by atoms with Gasteiger partial charge in [0.2, 0.25) is 10.0 Å². The van der Waals surface area contributed by atoms with Crippen LogP contribution in [-0.2, 0) is 29.4 Å². The van der Waals surface area contributed by atoms with Crippen LogP contribution in [0.3, 0.4) is 0 Å². The van der Waals surface area contributed by atoms with Crippen LogP contribution in [0.5, 0.6) is 0 Å². The molecular weight excluding hydrogens is 324 g/mol. The van der Waals surface area contributed by atoms with Crippen LogP contribution in [0.4, 0.5) is 0 Å². The Morgan fingerprint density at radius 2 is 2.09 bits per heavy atom. The minimum atomic E-state index is -3.55. The molecule has 2 aromatic rings. The zero-order valence-corrected chi connectivity index (χ0v) is 13.7. The van der Waals surface area contributed by atoms with E-state index in [9.17, 15) is 8.42 Å². The molecule has 118 valence electrons. The van der Waals surface area contributed by atoms with Crippen LogP contribution < -0.4 is 4.72 Å². The van der Waals surface area contributed by atoms with E-state index in [4.69, 9.17) is 11.6 Å². The fourth-order valence-corrected chi connectivity index (χ4v) is 3.90. The Bertz CT molecular complexity index is 771. The Kier molecular flexibility index (Phi) is 4.20. The number of halogens is 1. The number of aryl methyl sites for hydroxylation is 2. The molecule has 1 N–H and O–H groups in total. The summed E-state index contributed by atoms with van der Waals surface area (Å²) < 4.78 is 29.3. The molecule has 0 saturated heterocycles. The lowest BCUT2D eigenvalue weighted by molar-refractivity contribution is 0.394. The second kappa shape index (κ2) is 5.98. The molecular formula is C14H17ClN4O2S. The summed E-state index contributed by atoms with van der Waals surface area (Å²) in [7, 11) is -3.55. The second-order valence-corrected chi connectivity index (χ2v) is 7.44. The van der Waals surface area contributed by atoms with Gasteiger partial charge in [0.25, 0.3) is 0 Å². The highest BCUT2D eigenvalue weighted by Gasteiger charge is 2.26. The fraction of sp³-hybridized carbons (Fsp3) is 0.429. The molecule has 22 heavy (non-hydrogen) atoms. The predicted octanol–water partition coefficient (Wildman–Crippen LogP) is 1.79. The second-order valence-electron chi connectivity index (χ2n) is 5.29. The number of aromatic nitrogens is 3. The van der Waals surface area contributed by atoms with Crippen molar-refractivity contribution in [3.05, 3.63) is 40.9 Å². The molecule has 0 saturated carbocycles. The van der Waals surface area contributed by atoms with E-state index in [1.807, 2.05) is 6.92 Å². The van der Waals surface area contributed by atoms with Gasteiger partial charge in [0.1, 0.15) is 5.82 Å². The van der Waals surface area contributed by atoms with Gasteiger partial charge < -0.3 is 0 Å². The summed E-state index contributed by atoms with van der Waals surface area (Å²) in [6, 6.07) is 5.97. The third-order valence-corrected chi connectivity index (χ3v) is 5.45. The van der Waals surface area contributed by atoms with Gasteiger partial charge in [-0.1, -0.05) is 18.5 Å². The standard InChI is InChI=1S/C14H17ClN4O2S/c1-2-13-16-14-8-5-11(9-19(14)17-13)18-22(20,21)12-6-3-10(15)4-7-12/h3-4,6-7,11,18H,2,5,8-9H2,1H3. The number of nitrogens with one attached hydrogen (secondary N) is 1. The highest BCUT2D eigenvalue weighted by molar-refractivity contribution is 7.89. The topological polar surface area (TPSA) is 76.9 Å². The average Bonchev–Trinajstić information content (AvgIpc) is 2.89. The maximum Gasteiger partial charge on any atom is 0.240 e. The van der Waals surface area contributed by atoms with Gasteiger partial charge in [-0.15, -0.1) is 0 Å². The Morgan fingerprint density at radius 3 is 2.77 bits per heavy atom. The maximum absolute atomic E-state index is 12.4. The van der Waals surface area contributed by atoms with Gasteiger partial charge >= 0.3 is 0 Å². The minimum Gasteiger partial charge on any atom is -0.248 e. The van der Waals surface area contributed by atoms with Crippen molar-refractivity contribution in [2.45, 2.75) is 43.7 Å². The summed E-state index contributed by atoms with van der Waals surface area (Å²) in [5.74, 6) is 1.73. The molecule has 0 amide bonds. The smallest absolute Gasteiger partial charge is 0.240 e. The van der Waals surface area contributed by atoms with Crippen molar-refractivity contribution < 1.29 is 8.42 Å². The first-order valence-electron chi connectivity index (χ1n) is 7.18. The Hall–Kier alpha value is -1.44. The predicted molar refractivity (Wildman–Crippen MR) is 83.3 cm³/mol. The Balaban J connectivity index is 1.75. The van der Waals surface area contributed by atoms with E-state index in [-0.39, 0.29) is 10.9 Å². The minimum absolute atomic E-state index is 0.181. The molecule has 2 heterocycles. The summed E-state index contributed by atoms with van der Waals surface area (Å²) in [6.45, 7) is 2.51. The number of nitrogens with zero attached hydrogens (tertiary/aromatic N) is 3. The van der Waals surface area contributed by atoms with Gasteiger partial charge in [0, 0.05) is 23.9 Å². The summed E-state index contributed by atoms with van der Waals surface area (Å²) in [4.78, 5) is 4.65. The van der Waals surface area contributed by atoms with E-state index in [2.05, 4.69) is 14.8 Å². The van der Waals surface area contributed by atoms with Crippen LogP contribution in [-0.4, -0.2) is 29.2 Å². The van der Waals surface area contributed by atoms with Gasteiger partial charge in [0.15, 0.2) is 5.82 Å². The number of fused-ring (bicyclic) bond motifs is 1. The summed E-state index contributed by atoms with van der Waals surface area (Å²) in [6.07, 6.45) is 2.22. The monoisotopic (exact) mass is 340 g/mol. The first-order valence-corrected chi connectivity index (χ1v) is 9.04. The molecule has 3 rings (SSSR count). The first kappa shape index (κ1) is 15.5. The van der Waals surface area contributed by atoms with Crippen LogP contribution in [0.2, 0.25) is 5.02 Å². The van der Waals surface area contributed by atoms with E-state index in [0.717, 1.165) is 24.5 Å². The highest BCUT2D eigenvalue weighted by atomic mass is 35.5. The molecule has 0 fully saturated rings. The highest BCUT2D eigenvalue weighted by Crippen LogP contribution is 2.18. The fourth-order valence-electron chi connectivity index (χ4n) is 2.51. The van der Waals surface area contributed by atoms with E-state index in [1.54, 1.807) is 16.8 Å². The lowest BCUT2D eigenvalue weighted by atomic mass is 10.1. The number of hydrogen-bond acceptors (Lipinski definition) is 4. The largest absolute Gasteiger partial charge is 0.248 e. The molecule has 1 aromatic carbocycles. The average molecular weight is 341 g/mol. The summed E-state index contributed by atoms with van der Waals surface area (Å²) >= 11 is 5.79. The molecule has 1 unspecified atom stereocenters. The van der Waals surface area contributed by atoms with Crippen molar-refractivity contribution in [2.75, 3.05) is 0 Å². The van der Waals surface area contributed by atoms with E-state index in [1.165, 1.54) is 12.1 Å². The third-order valence-electron chi connectivity index (χ3n) is 3.66. The maximum atomic E-state index is 12.4. The van der Waals surface area contributed by atoms with Crippen molar-refractivity contribution in [3.63, 3.8) is 0 Å².